The first-order valence-electron chi connectivity index (χ1n) is 5.66. The van der Waals surface area contributed by atoms with Gasteiger partial charge in [0.25, 0.3) is 0 Å². The second-order valence-corrected chi connectivity index (χ2v) is 4.27. The highest BCUT2D eigenvalue weighted by atomic mass is 16.3. The Morgan fingerprint density at radius 3 is 2.44 bits per heavy atom. The molecule has 0 aliphatic heterocycles. The highest BCUT2D eigenvalue weighted by Gasteiger charge is 2.11. The quantitative estimate of drug-likeness (QED) is 0.640. The van der Waals surface area contributed by atoms with Crippen LogP contribution in [-0.4, -0.2) is 4.98 Å². The predicted octanol–water partition coefficient (Wildman–Crippen LogP) is 2.97. The Morgan fingerprint density at radius 1 is 1.00 bits per heavy atom. The van der Waals surface area contributed by atoms with E-state index in [0.717, 1.165) is 33.6 Å². The summed E-state index contributed by atoms with van der Waals surface area (Å²) in [6.07, 6.45) is 0. The van der Waals surface area contributed by atoms with E-state index >= 15 is 0 Å². The lowest BCUT2D eigenvalue weighted by Crippen LogP contribution is -1.89. The molecule has 3 aromatic rings. The van der Waals surface area contributed by atoms with Crippen LogP contribution in [0.1, 0.15) is 5.56 Å². The fourth-order valence-corrected chi connectivity index (χ4v) is 1.89. The van der Waals surface area contributed by atoms with E-state index in [9.17, 15) is 0 Å². The molecule has 1 aromatic heterocycles. The molecule has 0 bridgehead atoms. The van der Waals surface area contributed by atoms with Crippen LogP contribution >= 0.6 is 0 Å². The van der Waals surface area contributed by atoms with Crippen LogP contribution in [0.25, 0.3) is 22.6 Å². The van der Waals surface area contributed by atoms with Crippen molar-refractivity contribution in [3.63, 3.8) is 0 Å². The van der Waals surface area contributed by atoms with Gasteiger partial charge in [-0.1, -0.05) is 0 Å². The molecule has 0 saturated carbocycles. The molecule has 0 amide bonds. The number of fused-ring (bicyclic) bond motifs is 1. The van der Waals surface area contributed by atoms with E-state index in [4.69, 9.17) is 15.9 Å². The Balaban J connectivity index is 2.19. The summed E-state index contributed by atoms with van der Waals surface area (Å²) in [5, 5.41) is 0. The van der Waals surface area contributed by atoms with Gasteiger partial charge in [0.1, 0.15) is 5.52 Å². The maximum Gasteiger partial charge on any atom is 0.227 e. The normalized spacial score (nSPS) is 10.9. The smallest absolute Gasteiger partial charge is 0.227 e. The summed E-state index contributed by atoms with van der Waals surface area (Å²) in [7, 11) is 0. The summed E-state index contributed by atoms with van der Waals surface area (Å²) in [5.74, 6) is 0.582. The largest absolute Gasteiger partial charge is 0.436 e. The van der Waals surface area contributed by atoms with E-state index in [1.807, 2.05) is 43.3 Å². The molecule has 4 nitrogen and oxygen atoms in total. The zero-order chi connectivity index (χ0) is 12.7. The summed E-state index contributed by atoms with van der Waals surface area (Å²) in [6, 6.07) is 11.1. The Labute approximate surface area is 104 Å². The van der Waals surface area contributed by atoms with Crippen molar-refractivity contribution in [2.75, 3.05) is 11.5 Å². The highest BCUT2D eigenvalue weighted by molar-refractivity contribution is 5.83. The minimum absolute atomic E-state index is 0.582. The van der Waals surface area contributed by atoms with Gasteiger partial charge in [0, 0.05) is 22.5 Å². The molecule has 0 spiro atoms. The standard InChI is InChI=1S/C14H13N3O/c1-8-11(16)6-7-12-13(8)17-14(18-12)9-2-4-10(15)5-3-9/h2-7H,15-16H2,1H3. The first kappa shape index (κ1) is 10.7. The minimum Gasteiger partial charge on any atom is -0.436 e. The summed E-state index contributed by atoms with van der Waals surface area (Å²) in [5.41, 5.74) is 16.3. The maximum absolute atomic E-state index is 5.86. The molecule has 4 N–H and O–H groups in total. The number of hydrogen-bond acceptors (Lipinski definition) is 4. The molecule has 2 aromatic carbocycles. The Hall–Kier alpha value is -2.49. The van der Waals surface area contributed by atoms with Crippen LogP contribution in [0, 0.1) is 6.92 Å². The molecule has 0 saturated heterocycles. The monoisotopic (exact) mass is 239 g/mol. The minimum atomic E-state index is 0.582. The van der Waals surface area contributed by atoms with Crippen molar-refractivity contribution in [3.8, 4) is 11.5 Å². The molecular formula is C14H13N3O. The molecule has 0 atom stereocenters. The Kier molecular flexibility index (Phi) is 2.23. The van der Waals surface area contributed by atoms with Gasteiger partial charge in [0.15, 0.2) is 5.58 Å². The number of nitrogen functional groups attached to an aromatic ring is 2. The third kappa shape index (κ3) is 1.59. The Bertz CT molecular complexity index is 714. The van der Waals surface area contributed by atoms with Gasteiger partial charge in [-0.05, 0) is 43.3 Å². The number of benzene rings is 2. The Morgan fingerprint density at radius 2 is 1.72 bits per heavy atom. The van der Waals surface area contributed by atoms with Gasteiger partial charge >= 0.3 is 0 Å². The second-order valence-electron chi connectivity index (χ2n) is 4.27. The highest BCUT2D eigenvalue weighted by Crippen LogP contribution is 2.28. The molecule has 0 radical (unpaired) electrons. The molecule has 0 aliphatic rings. The molecule has 0 unspecified atom stereocenters. The number of aryl methyl sites for hydroxylation is 1. The van der Waals surface area contributed by atoms with Crippen molar-refractivity contribution in [1.29, 1.82) is 0 Å². The summed E-state index contributed by atoms with van der Waals surface area (Å²) < 4.78 is 5.72. The van der Waals surface area contributed by atoms with Gasteiger partial charge in [-0.25, -0.2) is 4.98 Å². The molecule has 0 aliphatic carbocycles. The van der Waals surface area contributed by atoms with E-state index in [-0.39, 0.29) is 0 Å². The molecular weight excluding hydrogens is 226 g/mol. The number of anilines is 2. The zero-order valence-electron chi connectivity index (χ0n) is 9.97. The third-order valence-corrected chi connectivity index (χ3v) is 3.01. The van der Waals surface area contributed by atoms with Crippen molar-refractivity contribution < 1.29 is 4.42 Å². The topological polar surface area (TPSA) is 78.1 Å². The van der Waals surface area contributed by atoms with Gasteiger partial charge in [-0.15, -0.1) is 0 Å². The van der Waals surface area contributed by atoms with Crippen LogP contribution in [0.15, 0.2) is 40.8 Å². The molecule has 90 valence electrons. The summed E-state index contributed by atoms with van der Waals surface area (Å²) in [6.45, 7) is 1.94. The first-order valence-corrected chi connectivity index (χ1v) is 5.66. The van der Waals surface area contributed by atoms with E-state index in [2.05, 4.69) is 4.98 Å². The molecule has 1 heterocycles. The number of nitrogens with zero attached hydrogens (tertiary/aromatic N) is 1. The molecule has 3 rings (SSSR count). The van der Waals surface area contributed by atoms with E-state index in [1.54, 1.807) is 0 Å². The summed E-state index contributed by atoms with van der Waals surface area (Å²) in [4.78, 5) is 4.49. The van der Waals surface area contributed by atoms with Crippen LogP contribution in [0.4, 0.5) is 11.4 Å². The number of oxazole rings is 1. The van der Waals surface area contributed by atoms with Gasteiger partial charge in [-0.3, -0.25) is 0 Å². The van der Waals surface area contributed by atoms with E-state index in [1.165, 1.54) is 0 Å². The fraction of sp³-hybridized carbons (Fsp3) is 0.0714. The van der Waals surface area contributed by atoms with Crippen molar-refractivity contribution in [3.05, 3.63) is 42.0 Å². The fourth-order valence-electron chi connectivity index (χ4n) is 1.89. The average molecular weight is 239 g/mol. The van der Waals surface area contributed by atoms with Crippen molar-refractivity contribution in [2.45, 2.75) is 6.92 Å². The SMILES string of the molecule is Cc1c(N)ccc2oc(-c3ccc(N)cc3)nc12. The number of aromatic nitrogens is 1. The number of rotatable bonds is 1. The molecule has 18 heavy (non-hydrogen) atoms. The average Bonchev–Trinajstić information content (AvgIpc) is 2.80. The van der Waals surface area contributed by atoms with E-state index in [0.29, 0.717) is 5.89 Å². The molecule has 0 fully saturated rings. The van der Waals surface area contributed by atoms with Crippen LogP contribution < -0.4 is 11.5 Å². The molecule has 4 heteroatoms. The van der Waals surface area contributed by atoms with Crippen LogP contribution in [-0.2, 0) is 0 Å². The van der Waals surface area contributed by atoms with Gasteiger partial charge in [0.05, 0.1) is 0 Å². The third-order valence-electron chi connectivity index (χ3n) is 3.01. The maximum atomic E-state index is 5.86. The van der Waals surface area contributed by atoms with Gasteiger partial charge in [0.2, 0.25) is 5.89 Å². The lowest BCUT2D eigenvalue weighted by atomic mass is 10.2. The van der Waals surface area contributed by atoms with Crippen LogP contribution in [0.5, 0.6) is 0 Å². The van der Waals surface area contributed by atoms with Crippen LogP contribution in [0.3, 0.4) is 0 Å². The van der Waals surface area contributed by atoms with E-state index < -0.39 is 0 Å². The second kappa shape index (κ2) is 3.77. The van der Waals surface area contributed by atoms with Crippen molar-refractivity contribution >= 4 is 22.5 Å². The van der Waals surface area contributed by atoms with Gasteiger partial charge in [-0.2, -0.15) is 0 Å². The lowest BCUT2D eigenvalue weighted by molar-refractivity contribution is 0.620. The first-order chi connectivity index (χ1) is 8.65. The lowest BCUT2D eigenvalue weighted by Gasteiger charge is -1.96. The predicted molar refractivity (Wildman–Crippen MR) is 73.0 cm³/mol. The van der Waals surface area contributed by atoms with Crippen LogP contribution in [0.2, 0.25) is 0 Å². The summed E-state index contributed by atoms with van der Waals surface area (Å²) >= 11 is 0. The number of nitrogens with two attached hydrogens (primary N) is 2. The number of hydrogen-bond donors (Lipinski definition) is 2. The van der Waals surface area contributed by atoms with Gasteiger partial charge < -0.3 is 15.9 Å². The zero-order valence-corrected chi connectivity index (χ0v) is 9.97. The van der Waals surface area contributed by atoms with Crippen molar-refractivity contribution in [1.82, 2.24) is 4.98 Å². The van der Waals surface area contributed by atoms with Crippen molar-refractivity contribution in [2.24, 2.45) is 0 Å².